The molecule has 1 aromatic heterocycles. The lowest BCUT2D eigenvalue weighted by molar-refractivity contribution is 0.461. The fourth-order valence-corrected chi connectivity index (χ4v) is 1.37. The molecule has 5 nitrogen and oxygen atoms in total. The van der Waals surface area contributed by atoms with Crippen molar-refractivity contribution in [3.05, 3.63) is 47.7 Å². The van der Waals surface area contributed by atoms with E-state index in [2.05, 4.69) is 4.98 Å². The average molecular weight is 236 g/mol. The molecule has 0 saturated heterocycles. The molecule has 2 rings (SSSR count). The molecule has 0 atom stereocenters. The third kappa shape index (κ3) is 2.37. The third-order valence-corrected chi connectivity index (χ3v) is 2.17. The van der Waals surface area contributed by atoms with Crippen LogP contribution in [0.25, 0.3) is 0 Å². The summed E-state index contributed by atoms with van der Waals surface area (Å²) in [5.41, 5.74) is 6.64. The van der Waals surface area contributed by atoms with Gasteiger partial charge in [-0.25, -0.2) is 4.98 Å². The summed E-state index contributed by atoms with van der Waals surface area (Å²) in [5, 5.41) is 17.7. The van der Waals surface area contributed by atoms with Gasteiger partial charge in [0.25, 0.3) is 0 Å². The Hall–Kier alpha value is -3.05. The van der Waals surface area contributed by atoms with Gasteiger partial charge < -0.3 is 10.5 Å². The van der Waals surface area contributed by atoms with Gasteiger partial charge in [0.1, 0.15) is 17.4 Å². The normalized spacial score (nSPS) is 9.22. The smallest absolute Gasteiger partial charge is 0.237 e. The van der Waals surface area contributed by atoms with Crippen LogP contribution in [0.15, 0.2) is 36.5 Å². The first-order chi connectivity index (χ1) is 8.72. The van der Waals surface area contributed by atoms with Crippen molar-refractivity contribution in [1.82, 2.24) is 4.98 Å². The van der Waals surface area contributed by atoms with E-state index >= 15 is 0 Å². The number of hydrogen-bond donors (Lipinski definition) is 1. The number of nitrogen functional groups attached to an aromatic ring is 1. The molecule has 1 heterocycles. The number of nitrogens with zero attached hydrogens (tertiary/aromatic N) is 3. The Balaban J connectivity index is 2.35. The van der Waals surface area contributed by atoms with E-state index in [1.165, 1.54) is 12.3 Å². The zero-order valence-corrected chi connectivity index (χ0v) is 9.29. The molecule has 0 unspecified atom stereocenters. The number of nitrogens with two attached hydrogens (primary N) is 1. The predicted molar refractivity (Wildman–Crippen MR) is 64.6 cm³/mol. The first-order valence-corrected chi connectivity index (χ1v) is 5.06. The standard InChI is InChI=1S/C13H8N4O/c14-6-9-2-1-3-12(4-9)18-13-10(7-15)5-11(16)8-17-13/h1-5,8H,16H2. The van der Waals surface area contributed by atoms with E-state index in [0.29, 0.717) is 17.0 Å². The number of benzene rings is 1. The van der Waals surface area contributed by atoms with Crippen LogP contribution in [0.5, 0.6) is 11.6 Å². The summed E-state index contributed by atoms with van der Waals surface area (Å²) < 4.78 is 5.46. The minimum atomic E-state index is 0.168. The quantitative estimate of drug-likeness (QED) is 0.862. The van der Waals surface area contributed by atoms with Gasteiger partial charge in [-0.05, 0) is 24.3 Å². The lowest BCUT2D eigenvalue weighted by atomic mass is 10.2. The first kappa shape index (κ1) is 11.4. The second-order valence-corrected chi connectivity index (χ2v) is 3.47. The molecule has 18 heavy (non-hydrogen) atoms. The van der Waals surface area contributed by atoms with Gasteiger partial charge in [0.15, 0.2) is 0 Å². The second kappa shape index (κ2) is 4.86. The van der Waals surface area contributed by atoms with E-state index in [0.717, 1.165) is 0 Å². The van der Waals surface area contributed by atoms with Crippen molar-refractivity contribution < 1.29 is 4.74 Å². The number of pyridine rings is 1. The SMILES string of the molecule is N#Cc1cccc(Oc2ncc(N)cc2C#N)c1. The number of aromatic nitrogens is 1. The number of hydrogen-bond acceptors (Lipinski definition) is 5. The Bertz CT molecular complexity index is 667. The van der Waals surface area contributed by atoms with Gasteiger partial charge in [0, 0.05) is 0 Å². The van der Waals surface area contributed by atoms with Crippen LogP contribution in [0, 0.1) is 22.7 Å². The van der Waals surface area contributed by atoms with Gasteiger partial charge in [0.05, 0.1) is 23.5 Å². The minimum Gasteiger partial charge on any atom is -0.438 e. The van der Waals surface area contributed by atoms with E-state index in [1.54, 1.807) is 24.3 Å². The summed E-state index contributed by atoms with van der Waals surface area (Å²) in [6.07, 6.45) is 1.41. The van der Waals surface area contributed by atoms with E-state index in [-0.39, 0.29) is 11.4 Å². The fraction of sp³-hybridized carbons (Fsp3) is 0. The maximum atomic E-state index is 8.94. The Morgan fingerprint density at radius 2 is 2.00 bits per heavy atom. The van der Waals surface area contributed by atoms with Gasteiger partial charge >= 0.3 is 0 Å². The fourth-order valence-electron chi connectivity index (χ4n) is 1.37. The van der Waals surface area contributed by atoms with Crippen LogP contribution in [-0.2, 0) is 0 Å². The number of ether oxygens (including phenoxy) is 1. The van der Waals surface area contributed by atoms with E-state index < -0.39 is 0 Å². The van der Waals surface area contributed by atoms with Gasteiger partial charge in [-0.1, -0.05) is 6.07 Å². The summed E-state index contributed by atoms with van der Waals surface area (Å²) in [5.74, 6) is 0.615. The van der Waals surface area contributed by atoms with Crippen LogP contribution in [0.4, 0.5) is 5.69 Å². The molecule has 2 aromatic rings. The van der Waals surface area contributed by atoms with Crippen LogP contribution in [0.1, 0.15) is 11.1 Å². The Kier molecular flexibility index (Phi) is 3.08. The molecule has 0 aliphatic carbocycles. The Morgan fingerprint density at radius 1 is 1.17 bits per heavy atom. The van der Waals surface area contributed by atoms with E-state index in [9.17, 15) is 0 Å². The molecule has 2 N–H and O–H groups in total. The molecular formula is C13H8N4O. The summed E-state index contributed by atoms with van der Waals surface area (Å²) in [6.45, 7) is 0. The monoisotopic (exact) mass is 236 g/mol. The largest absolute Gasteiger partial charge is 0.438 e. The molecule has 0 amide bonds. The van der Waals surface area contributed by atoms with E-state index in [1.807, 2.05) is 12.1 Å². The van der Waals surface area contributed by atoms with Gasteiger partial charge in [-0.15, -0.1) is 0 Å². The van der Waals surface area contributed by atoms with Crippen LogP contribution in [0.2, 0.25) is 0 Å². The summed E-state index contributed by atoms with van der Waals surface area (Å²) in [6, 6.07) is 12.0. The molecule has 0 aliphatic rings. The lowest BCUT2D eigenvalue weighted by Crippen LogP contribution is -1.95. The highest BCUT2D eigenvalue weighted by molar-refractivity contribution is 5.49. The minimum absolute atomic E-state index is 0.168. The number of nitriles is 2. The van der Waals surface area contributed by atoms with Crippen molar-refractivity contribution in [3.8, 4) is 23.8 Å². The molecular weight excluding hydrogens is 228 g/mol. The second-order valence-electron chi connectivity index (χ2n) is 3.47. The highest BCUT2D eigenvalue weighted by Gasteiger charge is 2.07. The number of anilines is 1. The number of rotatable bonds is 2. The van der Waals surface area contributed by atoms with E-state index in [4.69, 9.17) is 21.0 Å². The molecule has 0 bridgehead atoms. The molecule has 0 fully saturated rings. The topological polar surface area (TPSA) is 95.7 Å². The van der Waals surface area contributed by atoms with Gasteiger partial charge in [-0.3, -0.25) is 0 Å². The van der Waals surface area contributed by atoms with Crippen molar-refractivity contribution in [2.75, 3.05) is 5.73 Å². The first-order valence-electron chi connectivity index (χ1n) is 5.06. The average Bonchev–Trinajstić information content (AvgIpc) is 2.41. The van der Waals surface area contributed by atoms with Crippen molar-refractivity contribution in [3.63, 3.8) is 0 Å². The molecule has 0 radical (unpaired) electrons. The summed E-state index contributed by atoms with van der Waals surface area (Å²) >= 11 is 0. The Labute approximate surface area is 104 Å². The molecule has 1 aromatic carbocycles. The maximum absolute atomic E-state index is 8.94. The summed E-state index contributed by atoms with van der Waals surface area (Å²) in [7, 11) is 0. The third-order valence-electron chi connectivity index (χ3n) is 2.17. The van der Waals surface area contributed by atoms with Crippen LogP contribution in [-0.4, -0.2) is 4.98 Å². The zero-order chi connectivity index (χ0) is 13.0. The van der Waals surface area contributed by atoms with Crippen LogP contribution < -0.4 is 10.5 Å². The molecule has 0 spiro atoms. The lowest BCUT2D eigenvalue weighted by Gasteiger charge is -2.06. The molecule has 5 heteroatoms. The highest BCUT2D eigenvalue weighted by Crippen LogP contribution is 2.24. The zero-order valence-electron chi connectivity index (χ0n) is 9.29. The van der Waals surface area contributed by atoms with Crippen molar-refractivity contribution in [1.29, 1.82) is 10.5 Å². The van der Waals surface area contributed by atoms with Crippen molar-refractivity contribution >= 4 is 5.69 Å². The highest BCUT2D eigenvalue weighted by atomic mass is 16.5. The van der Waals surface area contributed by atoms with Crippen LogP contribution >= 0.6 is 0 Å². The Morgan fingerprint density at radius 3 is 2.72 bits per heavy atom. The van der Waals surface area contributed by atoms with Gasteiger partial charge in [0.2, 0.25) is 5.88 Å². The van der Waals surface area contributed by atoms with Crippen LogP contribution in [0.3, 0.4) is 0 Å². The summed E-state index contributed by atoms with van der Waals surface area (Å²) in [4.78, 5) is 3.95. The maximum Gasteiger partial charge on any atom is 0.237 e. The van der Waals surface area contributed by atoms with Crippen molar-refractivity contribution in [2.45, 2.75) is 0 Å². The predicted octanol–water partition coefficient (Wildman–Crippen LogP) is 2.20. The van der Waals surface area contributed by atoms with Crippen molar-refractivity contribution in [2.24, 2.45) is 0 Å². The molecule has 86 valence electrons. The molecule has 0 aliphatic heterocycles. The van der Waals surface area contributed by atoms with Gasteiger partial charge in [-0.2, -0.15) is 10.5 Å². The molecule has 0 saturated carbocycles.